The number of nitrogens with zero attached hydrogens (tertiary/aromatic N) is 2. The van der Waals surface area contributed by atoms with Gasteiger partial charge in [-0.25, -0.2) is 21.6 Å². The van der Waals surface area contributed by atoms with Gasteiger partial charge in [0.05, 0.1) is 5.25 Å². The van der Waals surface area contributed by atoms with E-state index in [-0.39, 0.29) is 48.0 Å². The standard InChI is InChI=1S/C25H26ClF3N2O4S/c1-36(34,35)20-6-8-30(14-20)18-12-22(28)24(23(29)13-18)31-7-2-3-16(25(31)33)10-19(32)9-15-4-5-17(26)11-21(15)27/h4-5,11-13,16,20H,2-3,6-10,14H2,1H3/t16-,20?/m0/s1. The Morgan fingerprint density at radius 1 is 1.06 bits per heavy atom. The summed E-state index contributed by atoms with van der Waals surface area (Å²) >= 11 is 5.74. The molecule has 1 unspecified atom stereocenters. The number of benzene rings is 2. The van der Waals surface area contributed by atoms with Crippen molar-refractivity contribution in [1.82, 2.24) is 0 Å². The number of sulfone groups is 1. The summed E-state index contributed by atoms with van der Waals surface area (Å²) in [6.45, 7) is 0.581. The normalized spacial score (nSPS) is 20.8. The summed E-state index contributed by atoms with van der Waals surface area (Å²) < 4.78 is 67.9. The van der Waals surface area contributed by atoms with Crippen LogP contribution < -0.4 is 9.80 Å². The number of amides is 1. The average Bonchev–Trinajstić information content (AvgIpc) is 3.29. The van der Waals surface area contributed by atoms with Crippen LogP contribution in [0, 0.1) is 23.4 Å². The number of piperidine rings is 1. The number of halogens is 4. The molecule has 11 heteroatoms. The van der Waals surface area contributed by atoms with Crippen molar-refractivity contribution in [3.8, 4) is 0 Å². The van der Waals surface area contributed by atoms with Crippen LogP contribution in [0.2, 0.25) is 5.02 Å². The molecule has 0 bridgehead atoms. The first-order chi connectivity index (χ1) is 16.9. The molecule has 2 aliphatic rings. The second-order valence-corrected chi connectivity index (χ2v) is 12.2. The molecule has 1 amide bonds. The summed E-state index contributed by atoms with van der Waals surface area (Å²) in [6.07, 6.45) is 1.95. The Morgan fingerprint density at radius 2 is 1.75 bits per heavy atom. The number of carbonyl (C=O) groups is 2. The molecule has 0 saturated carbocycles. The van der Waals surface area contributed by atoms with Gasteiger partial charge in [0, 0.05) is 55.4 Å². The lowest BCUT2D eigenvalue weighted by atomic mass is 9.90. The topological polar surface area (TPSA) is 74.8 Å². The van der Waals surface area contributed by atoms with Crippen LogP contribution in [-0.2, 0) is 25.8 Å². The summed E-state index contributed by atoms with van der Waals surface area (Å²) in [6, 6.07) is 6.20. The highest BCUT2D eigenvalue weighted by atomic mass is 35.5. The fourth-order valence-corrected chi connectivity index (χ4v) is 6.03. The third-order valence-electron chi connectivity index (χ3n) is 6.81. The van der Waals surface area contributed by atoms with Crippen LogP contribution in [0.3, 0.4) is 0 Å². The van der Waals surface area contributed by atoms with Crippen molar-refractivity contribution in [2.45, 2.75) is 37.4 Å². The molecular formula is C25H26ClF3N2O4S. The monoisotopic (exact) mass is 542 g/mol. The quantitative estimate of drug-likeness (QED) is 0.521. The molecule has 2 fully saturated rings. The van der Waals surface area contributed by atoms with E-state index in [4.69, 9.17) is 11.6 Å². The lowest BCUT2D eigenvalue weighted by Gasteiger charge is -2.33. The van der Waals surface area contributed by atoms with Gasteiger partial charge in [0.1, 0.15) is 17.3 Å². The minimum Gasteiger partial charge on any atom is -0.370 e. The van der Waals surface area contributed by atoms with E-state index in [1.54, 1.807) is 4.90 Å². The molecule has 6 nitrogen and oxygen atoms in total. The molecule has 0 aromatic heterocycles. The third kappa shape index (κ3) is 5.70. The maximum Gasteiger partial charge on any atom is 0.230 e. The zero-order valence-electron chi connectivity index (χ0n) is 19.6. The number of ketones is 1. The Hall–Kier alpha value is -2.59. The Labute approximate surface area is 212 Å². The minimum atomic E-state index is -3.27. The lowest BCUT2D eigenvalue weighted by molar-refractivity contribution is -0.128. The van der Waals surface area contributed by atoms with Crippen molar-refractivity contribution in [3.05, 3.63) is 58.4 Å². The van der Waals surface area contributed by atoms with E-state index in [1.807, 2.05) is 0 Å². The first-order valence-electron chi connectivity index (χ1n) is 11.6. The summed E-state index contributed by atoms with van der Waals surface area (Å²) in [4.78, 5) is 28.3. The number of carbonyl (C=O) groups excluding carboxylic acids is 2. The summed E-state index contributed by atoms with van der Waals surface area (Å²) in [7, 11) is -3.27. The zero-order chi connectivity index (χ0) is 26.2. The first kappa shape index (κ1) is 26.5. The maximum absolute atomic E-state index is 15.1. The van der Waals surface area contributed by atoms with Gasteiger partial charge in [-0.3, -0.25) is 9.59 Å². The van der Waals surface area contributed by atoms with Crippen molar-refractivity contribution < 1.29 is 31.2 Å². The van der Waals surface area contributed by atoms with Crippen LogP contribution in [0.1, 0.15) is 31.2 Å². The van der Waals surface area contributed by atoms with Gasteiger partial charge < -0.3 is 9.80 Å². The predicted molar refractivity (Wildman–Crippen MR) is 132 cm³/mol. The van der Waals surface area contributed by atoms with E-state index in [9.17, 15) is 22.4 Å². The molecule has 2 aromatic rings. The van der Waals surface area contributed by atoms with Crippen LogP contribution in [0.4, 0.5) is 24.5 Å². The molecule has 0 spiro atoms. The van der Waals surface area contributed by atoms with Gasteiger partial charge in [-0.2, -0.15) is 0 Å². The summed E-state index contributed by atoms with van der Waals surface area (Å²) in [5, 5.41) is -0.400. The molecule has 2 saturated heterocycles. The van der Waals surface area contributed by atoms with E-state index < -0.39 is 50.1 Å². The van der Waals surface area contributed by atoms with Gasteiger partial charge in [-0.05, 0) is 49.1 Å². The van der Waals surface area contributed by atoms with Crippen LogP contribution >= 0.6 is 11.6 Å². The highest BCUT2D eigenvalue weighted by molar-refractivity contribution is 7.91. The van der Waals surface area contributed by atoms with Crippen molar-refractivity contribution >= 4 is 44.5 Å². The molecule has 0 aliphatic carbocycles. The van der Waals surface area contributed by atoms with Crippen molar-refractivity contribution in [1.29, 1.82) is 0 Å². The lowest BCUT2D eigenvalue weighted by Crippen LogP contribution is -2.43. The Balaban J connectivity index is 1.47. The predicted octanol–water partition coefficient (Wildman–Crippen LogP) is 4.33. The molecule has 4 rings (SSSR count). The molecule has 2 aliphatic heterocycles. The van der Waals surface area contributed by atoms with Crippen molar-refractivity contribution in [2.24, 2.45) is 5.92 Å². The molecule has 0 N–H and O–H groups in total. The Kier molecular flexibility index (Phi) is 7.66. The highest BCUT2D eigenvalue weighted by Crippen LogP contribution is 2.35. The fraction of sp³-hybridized carbons (Fsp3) is 0.440. The largest absolute Gasteiger partial charge is 0.370 e. The number of Topliss-reactive ketones (excluding diaryl/α,β-unsaturated/α-hetero) is 1. The van der Waals surface area contributed by atoms with E-state index in [0.29, 0.717) is 25.8 Å². The second-order valence-electron chi connectivity index (χ2n) is 9.43. The summed E-state index contributed by atoms with van der Waals surface area (Å²) in [5.41, 5.74) is -0.109. The third-order valence-corrected chi connectivity index (χ3v) is 8.64. The number of hydrogen-bond donors (Lipinski definition) is 0. The molecule has 36 heavy (non-hydrogen) atoms. The van der Waals surface area contributed by atoms with E-state index >= 15 is 8.78 Å². The Morgan fingerprint density at radius 3 is 2.36 bits per heavy atom. The number of hydrogen-bond acceptors (Lipinski definition) is 5. The molecule has 0 radical (unpaired) electrons. The first-order valence-corrected chi connectivity index (χ1v) is 14.0. The molecule has 2 heterocycles. The zero-order valence-corrected chi connectivity index (χ0v) is 21.2. The Bertz CT molecular complexity index is 1280. The minimum absolute atomic E-state index is 0.0996. The highest BCUT2D eigenvalue weighted by Gasteiger charge is 2.35. The number of rotatable bonds is 7. The van der Waals surface area contributed by atoms with Crippen LogP contribution in [0.15, 0.2) is 30.3 Å². The van der Waals surface area contributed by atoms with E-state index in [1.165, 1.54) is 12.1 Å². The van der Waals surface area contributed by atoms with Gasteiger partial charge in [0.2, 0.25) is 5.91 Å². The average molecular weight is 543 g/mol. The molecule has 2 atom stereocenters. The molecule has 2 aromatic carbocycles. The molecular weight excluding hydrogens is 517 g/mol. The fourth-order valence-electron chi connectivity index (χ4n) is 4.89. The van der Waals surface area contributed by atoms with Gasteiger partial charge in [0.25, 0.3) is 0 Å². The number of anilines is 2. The SMILES string of the molecule is CS(=O)(=O)C1CCN(c2cc(F)c(N3CCC[C@@H](CC(=O)Cc4ccc(Cl)cc4F)C3=O)c(F)c2)C1. The van der Waals surface area contributed by atoms with Gasteiger partial charge in [-0.15, -0.1) is 0 Å². The van der Waals surface area contributed by atoms with Crippen LogP contribution in [0.25, 0.3) is 0 Å². The molecule has 194 valence electrons. The second kappa shape index (κ2) is 10.4. The van der Waals surface area contributed by atoms with Gasteiger partial charge in [-0.1, -0.05) is 17.7 Å². The summed E-state index contributed by atoms with van der Waals surface area (Å²) in [5.74, 6) is -4.17. The van der Waals surface area contributed by atoms with E-state index in [2.05, 4.69) is 0 Å². The van der Waals surface area contributed by atoms with Crippen molar-refractivity contribution in [2.75, 3.05) is 35.7 Å². The van der Waals surface area contributed by atoms with Crippen molar-refractivity contribution in [3.63, 3.8) is 0 Å². The maximum atomic E-state index is 15.1. The smallest absolute Gasteiger partial charge is 0.230 e. The van der Waals surface area contributed by atoms with Gasteiger partial charge >= 0.3 is 0 Å². The van der Waals surface area contributed by atoms with E-state index in [0.717, 1.165) is 29.4 Å². The van der Waals surface area contributed by atoms with Crippen LogP contribution in [0.5, 0.6) is 0 Å². The van der Waals surface area contributed by atoms with Gasteiger partial charge in [0.15, 0.2) is 21.5 Å². The van der Waals surface area contributed by atoms with Crippen LogP contribution in [-0.4, -0.2) is 51.2 Å².